The topological polar surface area (TPSA) is 109 Å². The normalized spacial score (nSPS) is 11.9. The first-order valence-electron chi connectivity index (χ1n) is 3.43. The molecule has 0 amide bonds. The monoisotopic (exact) mass is 217 g/mol. The van der Waals surface area contributed by atoms with E-state index in [0.29, 0.717) is 5.52 Å². The third-order valence-corrected chi connectivity index (χ3v) is 1.82. The van der Waals surface area contributed by atoms with Crippen molar-refractivity contribution in [3.8, 4) is 5.88 Å². The molecule has 2 rings (SSSR count). The molecule has 0 radical (unpaired) electrons. The summed E-state index contributed by atoms with van der Waals surface area (Å²) in [6, 6.07) is 0. The Morgan fingerprint density at radius 3 is 2.57 bits per heavy atom. The Bertz CT molecular complexity index is 452. The van der Waals surface area contributed by atoms with Crippen molar-refractivity contribution in [2.45, 2.75) is 0 Å². The van der Waals surface area contributed by atoms with Gasteiger partial charge in [-0.3, -0.25) is 9.38 Å². The molecule has 0 saturated carbocycles. The Labute approximate surface area is 79.9 Å². The van der Waals surface area contributed by atoms with E-state index in [1.54, 1.807) is 0 Å². The first-order chi connectivity index (χ1) is 6.56. The molecule has 0 aromatic carbocycles. The molecule has 0 aliphatic carbocycles. The lowest BCUT2D eigenvalue weighted by Gasteiger charge is -2.11. The van der Waals surface area contributed by atoms with Gasteiger partial charge in [-0.05, 0) is 4.29 Å². The van der Waals surface area contributed by atoms with Crippen molar-refractivity contribution in [3.05, 3.63) is 24.9 Å². The van der Waals surface area contributed by atoms with Gasteiger partial charge in [0.2, 0.25) is 0 Å². The van der Waals surface area contributed by atoms with Crippen molar-refractivity contribution in [2.75, 3.05) is 0 Å². The van der Waals surface area contributed by atoms with E-state index >= 15 is 0 Å². The Balaban J connectivity index is 2.46. The maximum Gasteiger partial charge on any atom is 0.385 e. The quantitative estimate of drug-likeness (QED) is 0.531. The van der Waals surface area contributed by atoms with Crippen molar-refractivity contribution >= 4 is 5.52 Å². The molecule has 0 N–H and O–H groups in total. The van der Waals surface area contributed by atoms with Crippen molar-refractivity contribution in [2.24, 2.45) is 0 Å². The summed E-state index contributed by atoms with van der Waals surface area (Å²) in [4.78, 5) is 7.41. The highest BCUT2D eigenvalue weighted by molar-refractivity contribution is 5.43. The summed E-state index contributed by atoms with van der Waals surface area (Å²) in [7, 11) is -4.51. The maximum absolute atomic E-state index is 10.3. The van der Waals surface area contributed by atoms with Gasteiger partial charge in [0.1, 0.15) is 22.8 Å². The van der Waals surface area contributed by atoms with Gasteiger partial charge in [-0.25, -0.2) is 4.98 Å². The van der Waals surface area contributed by atoms with Gasteiger partial charge in [-0.2, -0.15) is 14.0 Å². The van der Waals surface area contributed by atoms with Crippen LogP contribution in [0.1, 0.15) is 0 Å². The van der Waals surface area contributed by atoms with Crippen LogP contribution in [-0.2, 0) is 0 Å². The van der Waals surface area contributed by atoms with Crippen LogP contribution in [0.25, 0.3) is 5.52 Å². The minimum Gasteiger partial charge on any atom is -0.256 e. The molecule has 7 nitrogen and oxygen atoms in total. The van der Waals surface area contributed by atoms with Crippen LogP contribution in [0.5, 0.6) is 5.88 Å². The first-order valence-corrected chi connectivity index (χ1v) is 4.66. The minimum absolute atomic E-state index is 0.198. The average molecular weight is 218 g/mol. The van der Waals surface area contributed by atoms with Crippen LogP contribution < -0.4 is 18.3 Å². The molecular weight excluding hydrogens is 214 g/mol. The van der Waals surface area contributed by atoms with Crippen molar-refractivity contribution in [1.29, 1.82) is 0 Å². The van der Waals surface area contributed by atoms with E-state index in [1.165, 1.54) is 23.1 Å². The second-order valence-corrected chi connectivity index (χ2v) is 3.30. The standard InChI is InChI=1S/C6H4ClN3O4/c11-7(12,13)14-6-3-8-1-5-2-9-4-10(5)6/h1-4H. The molecule has 2 aromatic heterocycles. The molecule has 2 heterocycles. The Morgan fingerprint density at radius 1 is 1.14 bits per heavy atom. The summed E-state index contributed by atoms with van der Waals surface area (Å²) in [6.45, 7) is 0. The molecule has 0 saturated heterocycles. The van der Waals surface area contributed by atoms with Crippen molar-refractivity contribution < 1.29 is 28.5 Å². The van der Waals surface area contributed by atoms with Gasteiger partial charge in [0, 0.05) is 0 Å². The number of imidazole rings is 1. The zero-order chi connectivity index (χ0) is 10.2. The lowest BCUT2D eigenvalue weighted by molar-refractivity contribution is -1.91. The molecule has 0 spiro atoms. The smallest absolute Gasteiger partial charge is 0.256 e. The number of halogens is 1. The number of rotatable bonds is 2. The van der Waals surface area contributed by atoms with E-state index in [9.17, 15) is 14.0 Å². The Hall–Kier alpha value is -1.41. The fourth-order valence-electron chi connectivity index (χ4n) is 0.978. The fourth-order valence-corrected chi connectivity index (χ4v) is 1.29. The molecule has 2 aromatic rings. The molecule has 8 heteroatoms. The molecule has 0 unspecified atom stereocenters. The van der Waals surface area contributed by atoms with Crippen LogP contribution >= 0.6 is 0 Å². The molecule has 0 atom stereocenters. The number of hydrogen-bond acceptors (Lipinski definition) is 6. The number of nitrogens with zero attached hydrogens (tertiary/aromatic N) is 3. The van der Waals surface area contributed by atoms with Crippen LogP contribution in [0.4, 0.5) is 0 Å². The fraction of sp³-hybridized carbons (Fsp3) is 0. The highest BCUT2D eigenvalue weighted by Crippen LogP contribution is 2.13. The van der Waals surface area contributed by atoms with Gasteiger partial charge in [-0.1, -0.05) is 0 Å². The molecule has 14 heavy (non-hydrogen) atoms. The molecule has 0 bridgehead atoms. The molecule has 0 aliphatic rings. The summed E-state index contributed by atoms with van der Waals surface area (Å²) in [5.41, 5.74) is 0.529. The van der Waals surface area contributed by atoms with Gasteiger partial charge in [0.15, 0.2) is 0 Å². The van der Waals surface area contributed by atoms with E-state index in [1.807, 2.05) is 0 Å². The lowest BCUT2D eigenvalue weighted by Crippen LogP contribution is -2.63. The summed E-state index contributed by atoms with van der Waals surface area (Å²) in [5, 5.41) is 0. The van der Waals surface area contributed by atoms with Crippen molar-refractivity contribution in [1.82, 2.24) is 14.4 Å². The molecule has 0 aliphatic heterocycles. The molecule has 74 valence electrons. The van der Waals surface area contributed by atoms with Gasteiger partial charge < -0.3 is 0 Å². The van der Waals surface area contributed by atoms with Crippen molar-refractivity contribution in [3.63, 3.8) is 0 Å². The predicted molar refractivity (Wildman–Crippen MR) is 33.6 cm³/mol. The Morgan fingerprint density at radius 2 is 1.86 bits per heavy atom. The van der Waals surface area contributed by atoms with E-state index in [4.69, 9.17) is 0 Å². The van der Waals surface area contributed by atoms with Gasteiger partial charge >= 0.3 is 5.88 Å². The van der Waals surface area contributed by atoms with E-state index in [-0.39, 0.29) is 5.88 Å². The largest absolute Gasteiger partial charge is 0.385 e. The van der Waals surface area contributed by atoms with Crippen LogP contribution in [0.3, 0.4) is 0 Å². The second-order valence-electron chi connectivity index (χ2n) is 2.39. The zero-order valence-electron chi connectivity index (χ0n) is 6.66. The highest BCUT2D eigenvalue weighted by Gasteiger charge is 2.22. The maximum atomic E-state index is 10.3. The summed E-state index contributed by atoms with van der Waals surface area (Å²) < 4.78 is 36.3. The second kappa shape index (κ2) is 3.07. The predicted octanol–water partition coefficient (Wildman–Crippen LogP) is -2.99. The third-order valence-electron chi connectivity index (χ3n) is 1.47. The summed E-state index contributed by atoms with van der Waals surface area (Å²) in [5.74, 6) is -0.198. The molecular formula is C6H4ClN3O4. The highest BCUT2D eigenvalue weighted by atomic mass is 35.7. The number of hydrogen-bond donors (Lipinski definition) is 0. The van der Waals surface area contributed by atoms with E-state index in [2.05, 4.69) is 14.3 Å². The van der Waals surface area contributed by atoms with E-state index in [0.717, 1.165) is 6.20 Å². The number of fused-ring (bicyclic) bond motifs is 1. The van der Waals surface area contributed by atoms with E-state index < -0.39 is 10.2 Å². The van der Waals surface area contributed by atoms with Crippen LogP contribution in [0.15, 0.2) is 24.9 Å². The third kappa shape index (κ3) is 1.75. The lowest BCUT2D eigenvalue weighted by atomic mass is 10.6. The summed E-state index contributed by atoms with van der Waals surface area (Å²) >= 11 is 0. The number of aromatic nitrogens is 3. The first kappa shape index (κ1) is 9.16. The van der Waals surface area contributed by atoms with Crippen LogP contribution in [0, 0.1) is 10.2 Å². The van der Waals surface area contributed by atoms with Crippen LogP contribution in [-0.4, -0.2) is 14.4 Å². The average Bonchev–Trinajstić information content (AvgIpc) is 2.49. The summed E-state index contributed by atoms with van der Waals surface area (Å²) in [6.07, 6.45) is 5.33. The Kier molecular flexibility index (Phi) is 2.01. The minimum atomic E-state index is -4.51. The molecule has 0 fully saturated rings. The van der Waals surface area contributed by atoms with Crippen LogP contribution in [0.2, 0.25) is 0 Å². The zero-order valence-corrected chi connectivity index (χ0v) is 7.42. The van der Waals surface area contributed by atoms with Gasteiger partial charge in [-0.15, -0.1) is 0 Å². The SMILES string of the molecule is [O-][Cl+3]([O-])([O-])Oc1cncc2cncn12. The van der Waals surface area contributed by atoms with Gasteiger partial charge in [0.25, 0.3) is 0 Å². The van der Waals surface area contributed by atoms with Gasteiger partial charge in [0.05, 0.1) is 17.9 Å².